The molecule has 4 rings (SSSR count). The van der Waals surface area contributed by atoms with Gasteiger partial charge in [-0.05, 0) is 30.0 Å². The first-order valence-corrected chi connectivity index (χ1v) is 8.14. The number of benzene rings is 1. The SMILES string of the molecule is COc1cc2c(OC[C@H]3NC(=O)[C@@H]4CC34C)nccc2cc1C(N)=O. The highest BCUT2D eigenvalue weighted by Gasteiger charge is 2.64. The summed E-state index contributed by atoms with van der Waals surface area (Å²) in [6.07, 6.45) is 2.52. The number of hydrogen-bond acceptors (Lipinski definition) is 5. The van der Waals surface area contributed by atoms with Crippen molar-refractivity contribution in [1.29, 1.82) is 0 Å². The van der Waals surface area contributed by atoms with Crippen molar-refractivity contribution in [3.8, 4) is 11.6 Å². The molecule has 1 aromatic heterocycles. The molecule has 7 heteroatoms. The van der Waals surface area contributed by atoms with Gasteiger partial charge in [0.05, 0.1) is 18.7 Å². The van der Waals surface area contributed by atoms with Gasteiger partial charge in [0, 0.05) is 22.9 Å². The van der Waals surface area contributed by atoms with E-state index >= 15 is 0 Å². The third-order valence-corrected chi connectivity index (χ3v) is 5.41. The van der Waals surface area contributed by atoms with E-state index in [1.54, 1.807) is 24.4 Å². The fourth-order valence-electron chi connectivity index (χ4n) is 3.64. The van der Waals surface area contributed by atoms with E-state index in [-0.39, 0.29) is 23.3 Å². The van der Waals surface area contributed by atoms with Crippen LogP contribution in [-0.2, 0) is 4.79 Å². The zero-order valence-electron chi connectivity index (χ0n) is 14.0. The van der Waals surface area contributed by atoms with Crippen LogP contribution in [0.5, 0.6) is 11.6 Å². The maximum atomic E-state index is 11.8. The monoisotopic (exact) mass is 341 g/mol. The fraction of sp³-hybridized carbons (Fsp3) is 0.389. The maximum Gasteiger partial charge on any atom is 0.252 e. The molecule has 2 heterocycles. The molecule has 25 heavy (non-hydrogen) atoms. The molecule has 0 bridgehead atoms. The number of hydrogen-bond donors (Lipinski definition) is 2. The summed E-state index contributed by atoms with van der Waals surface area (Å²) in [5.74, 6) is 0.476. The fourth-order valence-corrected chi connectivity index (χ4v) is 3.64. The van der Waals surface area contributed by atoms with Crippen LogP contribution in [0, 0.1) is 11.3 Å². The maximum absolute atomic E-state index is 11.8. The highest BCUT2D eigenvalue weighted by atomic mass is 16.5. The summed E-state index contributed by atoms with van der Waals surface area (Å²) >= 11 is 0. The molecule has 1 saturated heterocycles. The number of amides is 2. The molecule has 1 aliphatic heterocycles. The lowest BCUT2D eigenvalue weighted by Crippen LogP contribution is -2.38. The Morgan fingerprint density at radius 3 is 2.88 bits per heavy atom. The van der Waals surface area contributed by atoms with Crippen LogP contribution in [0.25, 0.3) is 10.8 Å². The van der Waals surface area contributed by atoms with Crippen molar-refractivity contribution in [1.82, 2.24) is 10.3 Å². The highest BCUT2D eigenvalue weighted by molar-refractivity contribution is 6.01. The number of carbonyl (C=O) groups excluding carboxylic acids is 2. The zero-order valence-corrected chi connectivity index (χ0v) is 14.0. The average Bonchev–Trinajstić information content (AvgIpc) is 3.23. The minimum absolute atomic E-state index is 0.0154. The zero-order chi connectivity index (χ0) is 17.8. The summed E-state index contributed by atoms with van der Waals surface area (Å²) in [6.45, 7) is 2.45. The second-order valence-electron chi connectivity index (χ2n) is 6.89. The number of nitrogens with zero attached hydrogens (tertiary/aromatic N) is 1. The molecular formula is C18H19N3O4. The molecule has 3 N–H and O–H groups in total. The Labute approximate surface area is 144 Å². The molecule has 7 nitrogen and oxygen atoms in total. The largest absolute Gasteiger partial charge is 0.496 e. The molecule has 2 amide bonds. The van der Waals surface area contributed by atoms with E-state index in [4.69, 9.17) is 15.2 Å². The summed E-state index contributed by atoms with van der Waals surface area (Å²) in [7, 11) is 1.48. The summed E-state index contributed by atoms with van der Waals surface area (Å²) in [4.78, 5) is 27.7. The van der Waals surface area contributed by atoms with Gasteiger partial charge in [-0.15, -0.1) is 0 Å². The van der Waals surface area contributed by atoms with Crippen molar-refractivity contribution in [2.45, 2.75) is 19.4 Å². The van der Waals surface area contributed by atoms with Crippen LogP contribution in [0.4, 0.5) is 0 Å². The standard InChI is InChI=1S/C18H19N3O4/c1-18-7-12(18)16(23)21-14(18)8-25-17-10-6-13(24-2)11(15(19)22)5-9(10)3-4-20-17/h3-6,12,14H,7-8H2,1-2H3,(H2,19,22)(H,21,23)/t12-,14+,18?/m0/s1. The van der Waals surface area contributed by atoms with Crippen molar-refractivity contribution in [3.05, 3.63) is 30.0 Å². The van der Waals surface area contributed by atoms with E-state index in [1.165, 1.54) is 7.11 Å². The number of nitrogens with two attached hydrogens (primary N) is 1. The second-order valence-corrected chi connectivity index (χ2v) is 6.89. The molecular weight excluding hydrogens is 322 g/mol. The molecule has 2 aliphatic rings. The van der Waals surface area contributed by atoms with E-state index < -0.39 is 5.91 Å². The molecule has 1 saturated carbocycles. The van der Waals surface area contributed by atoms with E-state index in [1.807, 2.05) is 0 Å². The topological polar surface area (TPSA) is 104 Å². The number of pyridine rings is 1. The molecule has 1 aliphatic carbocycles. The first-order chi connectivity index (χ1) is 11.9. The average molecular weight is 341 g/mol. The number of methoxy groups -OCH3 is 1. The summed E-state index contributed by atoms with van der Waals surface area (Å²) in [5, 5.41) is 4.49. The first-order valence-electron chi connectivity index (χ1n) is 8.14. The Bertz CT molecular complexity index is 897. The Balaban J connectivity index is 1.64. The minimum atomic E-state index is -0.556. The summed E-state index contributed by atoms with van der Waals surface area (Å²) in [5.41, 5.74) is 5.70. The number of rotatable bonds is 5. The Kier molecular flexibility index (Phi) is 3.35. The van der Waals surface area contributed by atoms with Gasteiger partial charge < -0.3 is 20.5 Å². The Morgan fingerprint density at radius 1 is 1.48 bits per heavy atom. The van der Waals surface area contributed by atoms with Crippen LogP contribution < -0.4 is 20.5 Å². The van der Waals surface area contributed by atoms with Gasteiger partial charge in [0.25, 0.3) is 5.91 Å². The highest BCUT2D eigenvalue weighted by Crippen LogP contribution is 2.58. The van der Waals surface area contributed by atoms with Crippen LogP contribution in [0.1, 0.15) is 23.7 Å². The smallest absolute Gasteiger partial charge is 0.252 e. The minimum Gasteiger partial charge on any atom is -0.496 e. The molecule has 1 unspecified atom stereocenters. The molecule has 2 fully saturated rings. The Morgan fingerprint density at radius 2 is 2.28 bits per heavy atom. The first kappa shape index (κ1) is 15.7. The van der Waals surface area contributed by atoms with Crippen LogP contribution in [-0.4, -0.2) is 36.6 Å². The van der Waals surface area contributed by atoms with E-state index in [0.717, 1.165) is 17.2 Å². The van der Waals surface area contributed by atoms with Crippen LogP contribution in [0.15, 0.2) is 24.4 Å². The summed E-state index contributed by atoms with van der Waals surface area (Å²) < 4.78 is 11.2. The number of primary amides is 1. The van der Waals surface area contributed by atoms with Gasteiger partial charge in [0.1, 0.15) is 12.4 Å². The lowest BCUT2D eigenvalue weighted by Gasteiger charge is -2.20. The van der Waals surface area contributed by atoms with Crippen molar-refractivity contribution < 1.29 is 19.1 Å². The lowest BCUT2D eigenvalue weighted by molar-refractivity contribution is -0.121. The molecule has 0 spiro atoms. The van der Waals surface area contributed by atoms with Crippen molar-refractivity contribution >= 4 is 22.6 Å². The molecule has 3 atom stereocenters. The van der Waals surface area contributed by atoms with Gasteiger partial charge in [-0.1, -0.05) is 6.92 Å². The number of piperidine rings is 1. The van der Waals surface area contributed by atoms with Gasteiger partial charge in [-0.3, -0.25) is 9.59 Å². The quantitative estimate of drug-likeness (QED) is 0.852. The third kappa shape index (κ3) is 2.38. The van der Waals surface area contributed by atoms with Crippen LogP contribution in [0.2, 0.25) is 0 Å². The van der Waals surface area contributed by atoms with Gasteiger partial charge in [0.15, 0.2) is 0 Å². The van der Waals surface area contributed by atoms with Gasteiger partial charge in [0.2, 0.25) is 11.8 Å². The molecule has 1 aromatic carbocycles. The van der Waals surface area contributed by atoms with Gasteiger partial charge in [-0.25, -0.2) is 4.98 Å². The number of carbonyl (C=O) groups is 2. The molecule has 2 aromatic rings. The lowest BCUT2D eigenvalue weighted by atomic mass is 10.0. The van der Waals surface area contributed by atoms with Crippen molar-refractivity contribution in [2.75, 3.05) is 13.7 Å². The Hall–Kier alpha value is -2.83. The molecule has 130 valence electrons. The van der Waals surface area contributed by atoms with Crippen LogP contribution >= 0.6 is 0 Å². The second kappa shape index (κ2) is 5.34. The number of fused-ring (bicyclic) bond motifs is 2. The van der Waals surface area contributed by atoms with Gasteiger partial charge >= 0.3 is 0 Å². The van der Waals surface area contributed by atoms with Gasteiger partial charge in [-0.2, -0.15) is 0 Å². The van der Waals surface area contributed by atoms with Crippen molar-refractivity contribution in [3.63, 3.8) is 0 Å². The normalized spacial score (nSPS) is 26.9. The predicted molar refractivity (Wildman–Crippen MR) is 90.5 cm³/mol. The summed E-state index contributed by atoms with van der Waals surface area (Å²) in [6, 6.07) is 5.13. The van der Waals surface area contributed by atoms with E-state index in [9.17, 15) is 9.59 Å². The molecule has 0 radical (unpaired) electrons. The predicted octanol–water partition coefficient (Wildman–Crippen LogP) is 1.25. The third-order valence-electron chi connectivity index (χ3n) is 5.41. The number of aromatic nitrogens is 1. The number of nitrogens with one attached hydrogen (secondary N) is 1. The van der Waals surface area contributed by atoms with Crippen molar-refractivity contribution in [2.24, 2.45) is 17.1 Å². The van der Waals surface area contributed by atoms with E-state index in [2.05, 4.69) is 17.2 Å². The number of ether oxygens (including phenoxy) is 2. The van der Waals surface area contributed by atoms with E-state index in [0.29, 0.717) is 23.8 Å². The van der Waals surface area contributed by atoms with Crippen LogP contribution in [0.3, 0.4) is 0 Å².